The molecule has 0 bridgehead atoms. The van der Waals surface area contributed by atoms with E-state index in [1.165, 1.54) is 27.5 Å². The summed E-state index contributed by atoms with van der Waals surface area (Å²) in [6.45, 7) is 0. The van der Waals surface area contributed by atoms with Gasteiger partial charge < -0.3 is 30.4 Å². The van der Waals surface area contributed by atoms with Crippen molar-refractivity contribution in [2.24, 2.45) is 10.7 Å². The Morgan fingerprint density at radius 1 is 1.24 bits per heavy atom. The molecule has 0 radical (unpaired) electrons. The van der Waals surface area contributed by atoms with Gasteiger partial charge in [-0.05, 0) is 11.8 Å². The van der Waals surface area contributed by atoms with E-state index >= 15 is 0 Å². The van der Waals surface area contributed by atoms with Gasteiger partial charge in [0.2, 0.25) is 11.5 Å². The number of methoxy groups -OCH3 is 3. The average molecular weight is 412 g/mol. The zero-order valence-corrected chi connectivity index (χ0v) is 15.8. The molecular formula is C14H17Cl3N4O4. The molecule has 0 saturated heterocycles. The number of nitrogens with two attached hydrogens (primary N) is 1. The van der Waals surface area contributed by atoms with Crippen molar-refractivity contribution in [2.75, 3.05) is 21.3 Å². The summed E-state index contributed by atoms with van der Waals surface area (Å²) in [6.07, 6.45) is 0.928. The van der Waals surface area contributed by atoms with Crippen LogP contribution in [-0.2, 0) is 0 Å². The fraction of sp³-hybridized carbons (Fsp3) is 0.357. The number of amidine groups is 1. The van der Waals surface area contributed by atoms with Gasteiger partial charge in [-0.15, -0.1) is 11.6 Å². The quantitative estimate of drug-likeness (QED) is 0.419. The van der Waals surface area contributed by atoms with Crippen LogP contribution in [0.1, 0.15) is 10.9 Å². The molecule has 1 aliphatic heterocycles. The summed E-state index contributed by atoms with van der Waals surface area (Å²) in [5.74, 6) is 0.172. The monoisotopic (exact) mass is 410 g/mol. The van der Waals surface area contributed by atoms with Crippen LogP contribution in [0.5, 0.6) is 23.0 Å². The molecule has 25 heavy (non-hydrogen) atoms. The largest absolute Gasteiger partial charge is 0.504 e. The smallest absolute Gasteiger partial charge is 0.208 e. The number of hydrogen-bond donors (Lipinski definition) is 4. The van der Waals surface area contributed by atoms with Crippen LogP contribution in [-0.4, -0.2) is 38.6 Å². The van der Waals surface area contributed by atoms with Crippen LogP contribution >= 0.6 is 35.0 Å². The Morgan fingerprint density at radius 3 is 2.32 bits per heavy atom. The number of aliphatic imine (C=N–C) groups is 1. The van der Waals surface area contributed by atoms with Gasteiger partial charge >= 0.3 is 0 Å². The number of hydrogen-bond acceptors (Lipinski definition) is 8. The molecule has 5 N–H and O–H groups in total. The Balaban J connectivity index is 2.59. The number of phenolic OH excluding ortho intramolecular Hbond substituents is 1. The number of alkyl halides is 1. The molecular weight excluding hydrogens is 395 g/mol. The molecule has 1 aromatic carbocycles. The second-order valence-electron chi connectivity index (χ2n) is 4.83. The first kappa shape index (κ1) is 19.6. The standard InChI is InChI=1S/C14H17Cl3N4O4/c1-23-10-8(16)6(9(22)11(24-2)12(10)25-3)7(15)5-4-19-14(21-17)20-13(5)18/h4,7,14,19,21-22H,1-3H3,(H2,18,20). The number of rotatable bonds is 6. The fourth-order valence-electron chi connectivity index (χ4n) is 2.36. The van der Waals surface area contributed by atoms with E-state index in [0.717, 1.165) is 0 Å². The summed E-state index contributed by atoms with van der Waals surface area (Å²) >= 11 is 18.4. The van der Waals surface area contributed by atoms with E-state index < -0.39 is 11.7 Å². The van der Waals surface area contributed by atoms with Crippen molar-refractivity contribution in [3.05, 3.63) is 22.4 Å². The number of halogens is 3. The molecule has 8 nitrogen and oxygen atoms in total. The first-order valence-corrected chi connectivity index (χ1v) is 8.10. The van der Waals surface area contributed by atoms with Gasteiger partial charge in [0, 0.05) is 17.3 Å². The van der Waals surface area contributed by atoms with Crippen molar-refractivity contribution >= 4 is 40.8 Å². The maximum absolute atomic E-state index is 10.6. The van der Waals surface area contributed by atoms with E-state index in [9.17, 15) is 5.11 Å². The van der Waals surface area contributed by atoms with Crippen molar-refractivity contribution < 1.29 is 19.3 Å². The summed E-state index contributed by atoms with van der Waals surface area (Å²) in [6, 6.07) is 0. The van der Waals surface area contributed by atoms with Crippen molar-refractivity contribution in [3.63, 3.8) is 0 Å². The van der Waals surface area contributed by atoms with Crippen LogP contribution in [0.25, 0.3) is 0 Å². The first-order chi connectivity index (χ1) is 11.9. The zero-order chi connectivity index (χ0) is 18.7. The number of aromatic hydroxyl groups is 1. The molecule has 0 amide bonds. The molecule has 0 saturated carbocycles. The SMILES string of the molecule is COc1c(O)c(C(Cl)C2=CNC(NCl)N=C2N)c(Cl)c(OC)c1OC. The van der Waals surface area contributed by atoms with E-state index in [0.29, 0.717) is 5.57 Å². The lowest BCUT2D eigenvalue weighted by Crippen LogP contribution is -2.39. The van der Waals surface area contributed by atoms with Gasteiger partial charge in [0.25, 0.3) is 0 Å². The molecule has 11 heteroatoms. The minimum Gasteiger partial charge on any atom is -0.504 e. The van der Waals surface area contributed by atoms with Crippen LogP contribution in [0.4, 0.5) is 0 Å². The van der Waals surface area contributed by atoms with Crippen molar-refractivity contribution in [2.45, 2.75) is 11.7 Å². The van der Waals surface area contributed by atoms with Gasteiger partial charge in [-0.1, -0.05) is 11.6 Å². The van der Waals surface area contributed by atoms with Gasteiger partial charge in [0.05, 0.1) is 31.7 Å². The predicted octanol–water partition coefficient (Wildman–Crippen LogP) is 2.22. The molecule has 1 heterocycles. The Bertz CT molecular complexity index is 696. The number of phenols is 1. The van der Waals surface area contributed by atoms with Gasteiger partial charge in [0.15, 0.2) is 17.8 Å². The van der Waals surface area contributed by atoms with Gasteiger partial charge in [-0.2, -0.15) is 4.84 Å². The average Bonchev–Trinajstić information content (AvgIpc) is 2.60. The van der Waals surface area contributed by atoms with Crippen LogP contribution in [0.3, 0.4) is 0 Å². The van der Waals surface area contributed by atoms with E-state index in [1.54, 1.807) is 0 Å². The highest BCUT2D eigenvalue weighted by Gasteiger charge is 2.32. The summed E-state index contributed by atoms with van der Waals surface area (Å²) < 4.78 is 15.7. The topological polar surface area (TPSA) is 110 Å². The van der Waals surface area contributed by atoms with Crippen LogP contribution < -0.4 is 30.1 Å². The molecule has 1 aliphatic rings. The highest BCUT2D eigenvalue weighted by Crippen LogP contribution is 2.55. The molecule has 0 spiro atoms. The third-order valence-corrected chi connectivity index (χ3v) is 4.56. The Kier molecular flexibility index (Phi) is 6.34. The maximum Gasteiger partial charge on any atom is 0.208 e. The van der Waals surface area contributed by atoms with E-state index in [-0.39, 0.29) is 39.4 Å². The van der Waals surface area contributed by atoms with Crippen molar-refractivity contribution in [3.8, 4) is 23.0 Å². The Labute approximate surface area is 159 Å². The molecule has 2 atom stereocenters. The molecule has 1 aromatic rings. The normalized spacial score (nSPS) is 17.9. The fourth-order valence-corrected chi connectivity index (χ4v) is 3.27. The van der Waals surface area contributed by atoms with Gasteiger partial charge in [-0.25, -0.2) is 4.99 Å². The lowest BCUT2D eigenvalue weighted by molar-refractivity contribution is 0.309. The third kappa shape index (κ3) is 3.48. The van der Waals surface area contributed by atoms with E-state index in [1.807, 2.05) is 0 Å². The minimum atomic E-state index is -0.950. The molecule has 0 aliphatic carbocycles. The first-order valence-electron chi connectivity index (χ1n) is 6.91. The van der Waals surface area contributed by atoms with Crippen LogP contribution in [0.2, 0.25) is 5.02 Å². The summed E-state index contributed by atoms with van der Waals surface area (Å²) in [7, 11) is 4.17. The lowest BCUT2D eigenvalue weighted by atomic mass is 10.0. The van der Waals surface area contributed by atoms with Gasteiger partial charge in [0.1, 0.15) is 5.84 Å². The highest BCUT2D eigenvalue weighted by molar-refractivity contribution is 6.36. The molecule has 0 aromatic heterocycles. The van der Waals surface area contributed by atoms with Crippen molar-refractivity contribution in [1.29, 1.82) is 0 Å². The zero-order valence-electron chi connectivity index (χ0n) is 13.6. The summed E-state index contributed by atoms with van der Waals surface area (Å²) in [5.41, 5.74) is 6.45. The van der Waals surface area contributed by atoms with Gasteiger partial charge in [-0.3, -0.25) is 0 Å². The number of nitrogens with one attached hydrogen (secondary N) is 2. The summed E-state index contributed by atoms with van der Waals surface area (Å²) in [4.78, 5) is 6.46. The molecule has 138 valence electrons. The summed E-state index contributed by atoms with van der Waals surface area (Å²) in [5, 5.41) is 12.6. The highest BCUT2D eigenvalue weighted by atomic mass is 35.5. The minimum absolute atomic E-state index is 0.0320. The molecule has 2 rings (SSSR count). The third-order valence-electron chi connectivity index (χ3n) is 3.52. The molecule has 0 fully saturated rings. The number of nitrogens with zero attached hydrogens (tertiary/aromatic N) is 1. The Hall–Kier alpha value is -1.74. The number of benzene rings is 1. The second-order valence-corrected chi connectivity index (χ2v) is 5.86. The van der Waals surface area contributed by atoms with E-state index in [2.05, 4.69) is 15.1 Å². The Morgan fingerprint density at radius 2 is 1.84 bits per heavy atom. The lowest BCUT2D eigenvalue weighted by Gasteiger charge is -2.25. The molecule has 2 unspecified atom stereocenters. The predicted molar refractivity (Wildman–Crippen MR) is 97.0 cm³/mol. The number of ether oxygens (including phenoxy) is 3. The maximum atomic E-state index is 10.6. The van der Waals surface area contributed by atoms with Crippen LogP contribution in [0, 0.1) is 0 Å². The van der Waals surface area contributed by atoms with E-state index in [4.69, 9.17) is 54.9 Å². The second kappa shape index (κ2) is 8.09. The van der Waals surface area contributed by atoms with Crippen molar-refractivity contribution in [1.82, 2.24) is 10.2 Å². The van der Waals surface area contributed by atoms with Crippen LogP contribution in [0.15, 0.2) is 16.8 Å².